The van der Waals surface area contributed by atoms with Gasteiger partial charge in [-0.3, -0.25) is 4.79 Å². The number of carbonyl (C=O) groups excluding carboxylic acids is 1. The number of benzene rings is 2. The van der Waals surface area contributed by atoms with Gasteiger partial charge in [-0.25, -0.2) is 0 Å². The third kappa shape index (κ3) is 4.23. The molecular formula is C17H18ClNO2. The second-order valence-electron chi connectivity index (χ2n) is 5.05. The molecule has 0 saturated heterocycles. The average Bonchev–Trinajstić information content (AvgIpc) is 2.40. The van der Waals surface area contributed by atoms with Crippen LogP contribution in [0.1, 0.15) is 18.1 Å². The van der Waals surface area contributed by atoms with Crippen molar-refractivity contribution in [1.29, 1.82) is 0 Å². The van der Waals surface area contributed by atoms with Gasteiger partial charge in [-0.05, 0) is 56.2 Å². The van der Waals surface area contributed by atoms with Crippen LogP contribution in [0.25, 0.3) is 0 Å². The molecule has 0 heterocycles. The SMILES string of the molecule is Cc1cc(C)cc(OC(C)C(=O)Nc2ccccc2Cl)c1. The van der Waals surface area contributed by atoms with Crippen molar-refractivity contribution in [2.75, 3.05) is 5.32 Å². The maximum absolute atomic E-state index is 12.1. The average molecular weight is 304 g/mol. The largest absolute Gasteiger partial charge is 0.481 e. The molecule has 0 bridgehead atoms. The van der Waals surface area contributed by atoms with Gasteiger partial charge in [0.2, 0.25) is 0 Å². The number of rotatable bonds is 4. The normalized spacial score (nSPS) is 11.8. The molecule has 0 saturated carbocycles. The summed E-state index contributed by atoms with van der Waals surface area (Å²) in [6.07, 6.45) is -0.609. The van der Waals surface area contributed by atoms with Crippen LogP contribution >= 0.6 is 11.6 Å². The molecule has 0 aliphatic carbocycles. The third-order valence-corrected chi connectivity index (χ3v) is 3.34. The monoisotopic (exact) mass is 303 g/mol. The number of hydrogen-bond donors (Lipinski definition) is 1. The van der Waals surface area contributed by atoms with Crippen molar-refractivity contribution in [2.45, 2.75) is 26.9 Å². The summed E-state index contributed by atoms with van der Waals surface area (Å²) in [6.45, 7) is 5.70. The van der Waals surface area contributed by atoms with Gasteiger partial charge in [0.05, 0.1) is 10.7 Å². The van der Waals surface area contributed by atoms with Gasteiger partial charge >= 0.3 is 0 Å². The lowest BCUT2D eigenvalue weighted by Crippen LogP contribution is -2.30. The molecule has 2 rings (SSSR count). The number of para-hydroxylation sites is 1. The molecule has 110 valence electrons. The topological polar surface area (TPSA) is 38.3 Å². The van der Waals surface area contributed by atoms with Crippen LogP contribution in [0.15, 0.2) is 42.5 Å². The molecule has 0 fully saturated rings. The molecule has 0 spiro atoms. The molecule has 2 aromatic rings. The maximum atomic E-state index is 12.1. The first kappa shape index (κ1) is 15.4. The molecule has 4 heteroatoms. The quantitative estimate of drug-likeness (QED) is 0.911. The van der Waals surface area contributed by atoms with E-state index in [1.54, 1.807) is 19.1 Å². The van der Waals surface area contributed by atoms with E-state index in [9.17, 15) is 4.79 Å². The summed E-state index contributed by atoms with van der Waals surface area (Å²) in [5.74, 6) is 0.455. The van der Waals surface area contributed by atoms with Crippen molar-refractivity contribution in [3.05, 3.63) is 58.6 Å². The Morgan fingerprint density at radius 3 is 2.38 bits per heavy atom. The summed E-state index contributed by atoms with van der Waals surface area (Å²) >= 11 is 6.02. The predicted molar refractivity (Wildman–Crippen MR) is 86.1 cm³/mol. The van der Waals surface area contributed by atoms with E-state index in [2.05, 4.69) is 11.4 Å². The van der Waals surface area contributed by atoms with Gasteiger partial charge in [0.25, 0.3) is 5.91 Å². The van der Waals surface area contributed by atoms with Crippen LogP contribution in [0.5, 0.6) is 5.75 Å². The number of ether oxygens (including phenoxy) is 1. The molecule has 1 unspecified atom stereocenters. The number of halogens is 1. The van der Waals surface area contributed by atoms with E-state index in [0.717, 1.165) is 11.1 Å². The number of nitrogens with one attached hydrogen (secondary N) is 1. The van der Waals surface area contributed by atoms with Gasteiger partial charge in [0.1, 0.15) is 5.75 Å². The summed E-state index contributed by atoms with van der Waals surface area (Å²) < 4.78 is 5.69. The lowest BCUT2D eigenvalue weighted by molar-refractivity contribution is -0.122. The Balaban J connectivity index is 2.04. The minimum atomic E-state index is -0.609. The molecule has 3 nitrogen and oxygen atoms in total. The van der Waals surface area contributed by atoms with E-state index < -0.39 is 6.10 Å². The highest BCUT2D eigenvalue weighted by atomic mass is 35.5. The van der Waals surface area contributed by atoms with Crippen molar-refractivity contribution < 1.29 is 9.53 Å². The zero-order valence-corrected chi connectivity index (χ0v) is 13.1. The van der Waals surface area contributed by atoms with E-state index in [1.807, 2.05) is 38.1 Å². The van der Waals surface area contributed by atoms with Crippen LogP contribution < -0.4 is 10.1 Å². The highest BCUT2D eigenvalue weighted by Gasteiger charge is 2.16. The van der Waals surface area contributed by atoms with Crippen LogP contribution in [-0.4, -0.2) is 12.0 Å². The van der Waals surface area contributed by atoms with Gasteiger partial charge in [-0.15, -0.1) is 0 Å². The molecule has 1 amide bonds. The molecule has 0 radical (unpaired) electrons. The third-order valence-electron chi connectivity index (χ3n) is 3.01. The predicted octanol–water partition coefficient (Wildman–Crippen LogP) is 4.36. The van der Waals surface area contributed by atoms with Crippen LogP contribution in [0.2, 0.25) is 5.02 Å². The minimum Gasteiger partial charge on any atom is -0.481 e. The highest BCUT2D eigenvalue weighted by Crippen LogP contribution is 2.22. The Morgan fingerprint density at radius 2 is 1.76 bits per heavy atom. The lowest BCUT2D eigenvalue weighted by atomic mass is 10.1. The molecule has 1 N–H and O–H groups in total. The molecule has 0 aliphatic heterocycles. The van der Waals surface area contributed by atoms with Gasteiger partial charge in [0.15, 0.2) is 6.10 Å². The van der Waals surface area contributed by atoms with Gasteiger partial charge in [-0.1, -0.05) is 29.8 Å². The fourth-order valence-corrected chi connectivity index (χ4v) is 2.24. The Labute approximate surface area is 129 Å². The van der Waals surface area contributed by atoms with Gasteiger partial charge in [-0.2, -0.15) is 0 Å². The van der Waals surface area contributed by atoms with E-state index in [-0.39, 0.29) is 5.91 Å². The second kappa shape index (κ2) is 6.64. The molecule has 21 heavy (non-hydrogen) atoms. The fourth-order valence-electron chi connectivity index (χ4n) is 2.06. The molecule has 0 aromatic heterocycles. The first-order chi connectivity index (χ1) is 9.95. The molecule has 0 aliphatic rings. The van der Waals surface area contributed by atoms with E-state index in [1.165, 1.54) is 0 Å². The smallest absolute Gasteiger partial charge is 0.265 e. The molecule has 2 aromatic carbocycles. The van der Waals surface area contributed by atoms with Crippen LogP contribution in [-0.2, 0) is 4.79 Å². The fraction of sp³-hybridized carbons (Fsp3) is 0.235. The highest BCUT2D eigenvalue weighted by molar-refractivity contribution is 6.33. The van der Waals surface area contributed by atoms with Crippen molar-refractivity contribution >= 4 is 23.2 Å². The number of amides is 1. The molecular weight excluding hydrogens is 286 g/mol. The lowest BCUT2D eigenvalue weighted by Gasteiger charge is -2.16. The summed E-state index contributed by atoms with van der Waals surface area (Å²) in [5.41, 5.74) is 2.78. The number of aryl methyl sites for hydroxylation is 2. The van der Waals surface area contributed by atoms with Crippen molar-refractivity contribution in [1.82, 2.24) is 0 Å². The zero-order valence-electron chi connectivity index (χ0n) is 12.3. The summed E-state index contributed by atoms with van der Waals surface area (Å²) in [4.78, 5) is 12.1. The number of carbonyl (C=O) groups is 1. The summed E-state index contributed by atoms with van der Waals surface area (Å²) in [7, 11) is 0. The van der Waals surface area contributed by atoms with Gasteiger partial charge < -0.3 is 10.1 Å². The summed E-state index contributed by atoms with van der Waals surface area (Å²) in [5, 5.41) is 3.27. The van der Waals surface area contributed by atoms with E-state index >= 15 is 0 Å². The van der Waals surface area contributed by atoms with Crippen molar-refractivity contribution in [3.8, 4) is 5.75 Å². The second-order valence-corrected chi connectivity index (χ2v) is 5.46. The van der Waals surface area contributed by atoms with E-state index in [0.29, 0.717) is 16.5 Å². The van der Waals surface area contributed by atoms with Crippen LogP contribution in [0.4, 0.5) is 5.69 Å². The Kier molecular flexibility index (Phi) is 4.86. The minimum absolute atomic E-state index is 0.234. The first-order valence-electron chi connectivity index (χ1n) is 6.76. The maximum Gasteiger partial charge on any atom is 0.265 e. The Bertz CT molecular complexity index is 635. The Morgan fingerprint density at radius 1 is 1.14 bits per heavy atom. The van der Waals surface area contributed by atoms with E-state index in [4.69, 9.17) is 16.3 Å². The first-order valence-corrected chi connectivity index (χ1v) is 7.14. The van der Waals surface area contributed by atoms with Crippen molar-refractivity contribution in [2.24, 2.45) is 0 Å². The Hall–Kier alpha value is -2.00. The number of anilines is 1. The standard InChI is InChI=1S/C17H18ClNO2/c1-11-8-12(2)10-14(9-11)21-13(3)17(20)19-16-7-5-4-6-15(16)18/h4-10,13H,1-3H3,(H,19,20). The number of hydrogen-bond acceptors (Lipinski definition) is 2. The van der Waals surface area contributed by atoms with Gasteiger partial charge in [0, 0.05) is 0 Å². The van der Waals surface area contributed by atoms with Crippen LogP contribution in [0.3, 0.4) is 0 Å². The summed E-state index contributed by atoms with van der Waals surface area (Å²) in [6, 6.07) is 13.0. The van der Waals surface area contributed by atoms with Crippen molar-refractivity contribution in [3.63, 3.8) is 0 Å². The molecule has 1 atom stereocenters. The van der Waals surface area contributed by atoms with Crippen LogP contribution in [0, 0.1) is 13.8 Å². The zero-order chi connectivity index (χ0) is 15.4.